The van der Waals surface area contributed by atoms with Crippen LogP contribution in [0.15, 0.2) is 41.2 Å². The van der Waals surface area contributed by atoms with Gasteiger partial charge in [0.1, 0.15) is 5.82 Å². The van der Waals surface area contributed by atoms with E-state index in [-0.39, 0.29) is 5.56 Å². The van der Waals surface area contributed by atoms with Crippen molar-refractivity contribution in [2.45, 2.75) is 13.5 Å². The number of hydrogen-bond donors (Lipinski definition) is 1. The second-order valence-electron chi connectivity index (χ2n) is 4.89. The van der Waals surface area contributed by atoms with Crippen LogP contribution in [0, 0.1) is 0 Å². The van der Waals surface area contributed by atoms with Gasteiger partial charge in [-0.1, -0.05) is 30.3 Å². The van der Waals surface area contributed by atoms with Crippen molar-refractivity contribution >= 4 is 0 Å². The smallest absolute Gasteiger partial charge is 0.251 e. The van der Waals surface area contributed by atoms with Gasteiger partial charge in [0.15, 0.2) is 0 Å². The first kappa shape index (κ1) is 15.4. The van der Waals surface area contributed by atoms with Gasteiger partial charge in [-0.05, 0) is 14.0 Å². The zero-order chi connectivity index (χ0) is 15.1. The van der Waals surface area contributed by atoms with Crippen LogP contribution in [0.5, 0.6) is 0 Å². The van der Waals surface area contributed by atoms with Gasteiger partial charge < -0.3 is 9.72 Å². The number of H-pyrrole nitrogens is 1. The number of likely N-dealkylation sites (N-methyl/N-ethyl adjacent to an activating group) is 1. The first-order chi connectivity index (χ1) is 10.2. The molecule has 0 bridgehead atoms. The van der Waals surface area contributed by atoms with E-state index in [0.29, 0.717) is 19.0 Å². The zero-order valence-electron chi connectivity index (χ0n) is 12.5. The maximum atomic E-state index is 11.8. The molecule has 1 N–H and O–H groups in total. The van der Waals surface area contributed by atoms with Crippen molar-refractivity contribution in [2.24, 2.45) is 0 Å². The monoisotopic (exact) mass is 287 g/mol. The third-order valence-corrected chi connectivity index (χ3v) is 3.10. The molecule has 0 aliphatic carbocycles. The maximum absolute atomic E-state index is 11.8. The van der Waals surface area contributed by atoms with Gasteiger partial charge in [0.25, 0.3) is 5.56 Å². The molecule has 5 nitrogen and oxygen atoms in total. The van der Waals surface area contributed by atoms with E-state index in [4.69, 9.17) is 4.74 Å². The van der Waals surface area contributed by atoms with Crippen LogP contribution in [0.1, 0.15) is 12.6 Å². The van der Waals surface area contributed by atoms with Crippen molar-refractivity contribution in [1.29, 1.82) is 0 Å². The molecule has 0 aliphatic heterocycles. The summed E-state index contributed by atoms with van der Waals surface area (Å²) in [4.78, 5) is 21.2. The number of rotatable bonds is 7. The Bertz CT molecular complexity index is 610. The van der Waals surface area contributed by atoms with E-state index in [1.165, 1.54) is 0 Å². The molecule has 2 rings (SSSR count). The molecule has 1 aromatic heterocycles. The third-order valence-electron chi connectivity index (χ3n) is 3.10. The van der Waals surface area contributed by atoms with Crippen LogP contribution in [-0.4, -0.2) is 41.7 Å². The summed E-state index contributed by atoms with van der Waals surface area (Å²) in [5, 5.41) is 0. The normalized spacial score (nSPS) is 11.0. The topological polar surface area (TPSA) is 58.2 Å². The summed E-state index contributed by atoms with van der Waals surface area (Å²) in [7, 11) is 1.99. The fourth-order valence-corrected chi connectivity index (χ4v) is 2.04. The average molecular weight is 287 g/mol. The highest BCUT2D eigenvalue weighted by Gasteiger charge is 2.06. The zero-order valence-corrected chi connectivity index (χ0v) is 12.5. The first-order valence-corrected chi connectivity index (χ1v) is 7.11. The molecule has 2 aromatic rings. The molecule has 112 valence electrons. The van der Waals surface area contributed by atoms with Gasteiger partial charge in [-0.2, -0.15) is 0 Å². The van der Waals surface area contributed by atoms with Crippen molar-refractivity contribution in [3.05, 3.63) is 52.4 Å². The minimum Gasteiger partial charge on any atom is -0.380 e. The van der Waals surface area contributed by atoms with Crippen LogP contribution in [-0.2, 0) is 11.3 Å². The van der Waals surface area contributed by atoms with E-state index in [2.05, 4.69) is 14.9 Å². The number of nitrogens with zero attached hydrogens (tertiary/aromatic N) is 2. The van der Waals surface area contributed by atoms with E-state index in [1.54, 1.807) is 6.07 Å². The first-order valence-electron chi connectivity index (χ1n) is 7.11. The van der Waals surface area contributed by atoms with Crippen LogP contribution in [0.25, 0.3) is 11.4 Å². The molecule has 0 saturated carbocycles. The van der Waals surface area contributed by atoms with Gasteiger partial charge in [-0.25, -0.2) is 4.98 Å². The molecule has 0 atom stereocenters. The molecule has 1 heterocycles. The lowest BCUT2D eigenvalue weighted by Gasteiger charge is -2.16. The number of nitrogens with one attached hydrogen (secondary N) is 1. The Hall–Kier alpha value is -1.98. The molecule has 0 unspecified atom stereocenters. The SMILES string of the molecule is CCOCCN(C)Cc1cc(=O)[nH]c(-c2ccccc2)n1. The van der Waals surface area contributed by atoms with Crippen molar-refractivity contribution in [3.8, 4) is 11.4 Å². The molecule has 5 heteroatoms. The number of hydrogen-bond acceptors (Lipinski definition) is 4. The van der Waals surface area contributed by atoms with Crippen LogP contribution >= 0.6 is 0 Å². The minimum absolute atomic E-state index is 0.128. The number of aromatic amines is 1. The standard InChI is InChI=1S/C16H21N3O2/c1-3-21-10-9-19(2)12-14-11-15(20)18-16(17-14)13-7-5-4-6-8-13/h4-8,11H,3,9-10,12H2,1-2H3,(H,17,18,20). The number of ether oxygens (including phenoxy) is 1. The van der Waals surface area contributed by atoms with Crippen LogP contribution in [0.2, 0.25) is 0 Å². The van der Waals surface area contributed by atoms with Crippen molar-refractivity contribution in [1.82, 2.24) is 14.9 Å². The van der Waals surface area contributed by atoms with Gasteiger partial charge in [0.2, 0.25) is 0 Å². The van der Waals surface area contributed by atoms with Crippen LogP contribution in [0.4, 0.5) is 0 Å². The summed E-state index contributed by atoms with van der Waals surface area (Å²) in [5.41, 5.74) is 1.54. The quantitative estimate of drug-likeness (QED) is 0.790. The fourth-order valence-electron chi connectivity index (χ4n) is 2.04. The second kappa shape index (κ2) is 7.71. The molecular weight excluding hydrogens is 266 g/mol. The maximum Gasteiger partial charge on any atom is 0.251 e. The van der Waals surface area contributed by atoms with Crippen LogP contribution < -0.4 is 5.56 Å². The summed E-state index contributed by atoms with van der Waals surface area (Å²) >= 11 is 0. The third kappa shape index (κ3) is 4.81. The van der Waals surface area contributed by atoms with Gasteiger partial charge in [-0.15, -0.1) is 0 Å². The summed E-state index contributed by atoms with van der Waals surface area (Å²) in [6.45, 7) is 4.81. The number of benzene rings is 1. The lowest BCUT2D eigenvalue weighted by atomic mass is 10.2. The summed E-state index contributed by atoms with van der Waals surface area (Å²) < 4.78 is 5.33. The molecule has 0 aliphatic rings. The molecule has 1 aromatic carbocycles. The van der Waals surface area contributed by atoms with E-state index in [0.717, 1.165) is 24.4 Å². The highest BCUT2D eigenvalue weighted by atomic mass is 16.5. The fraction of sp³-hybridized carbons (Fsp3) is 0.375. The van der Waals surface area contributed by atoms with Gasteiger partial charge >= 0.3 is 0 Å². The number of aromatic nitrogens is 2. The Balaban J connectivity index is 2.11. The van der Waals surface area contributed by atoms with E-state index < -0.39 is 0 Å². The van der Waals surface area contributed by atoms with Gasteiger partial charge in [0, 0.05) is 31.3 Å². The molecular formula is C16H21N3O2. The molecule has 0 fully saturated rings. The minimum atomic E-state index is -0.128. The predicted octanol–water partition coefficient (Wildman–Crippen LogP) is 1.91. The van der Waals surface area contributed by atoms with Gasteiger partial charge in [-0.3, -0.25) is 9.69 Å². The summed E-state index contributed by atoms with van der Waals surface area (Å²) in [6.07, 6.45) is 0. The Morgan fingerprint density at radius 3 is 2.76 bits per heavy atom. The van der Waals surface area contributed by atoms with E-state index in [9.17, 15) is 4.79 Å². The highest BCUT2D eigenvalue weighted by Crippen LogP contribution is 2.12. The Labute approximate surface area is 124 Å². The van der Waals surface area contributed by atoms with E-state index >= 15 is 0 Å². The summed E-state index contributed by atoms with van der Waals surface area (Å²) in [6, 6.07) is 11.2. The Morgan fingerprint density at radius 1 is 1.29 bits per heavy atom. The molecule has 0 radical (unpaired) electrons. The van der Waals surface area contributed by atoms with Crippen molar-refractivity contribution < 1.29 is 4.74 Å². The van der Waals surface area contributed by atoms with Gasteiger partial charge in [0.05, 0.1) is 12.3 Å². The average Bonchev–Trinajstić information content (AvgIpc) is 2.48. The molecule has 0 saturated heterocycles. The molecule has 0 amide bonds. The highest BCUT2D eigenvalue weighted by molar-refractivity contribution is 5.54. The summed E-state index contributed by atoms with van der Waals surface area (Å²) in [5.74, 6) is 0.608. The predicted molar refractivity (Wildman–Crippen MR) is 83.1 cm³/mol. The Morgan fingerprint density at radius 2 is 2.05 bits per heavy atom. The molecule has 21 heavy (non-hydrogen) atoms. The Kier molecular flexibility index (Phi) is 5.66. The van der Waals surface area contributed by atoms with E-state index in [1.807, 2.05) is 44.3 Å². The van der Waals surface area contributed by atoms with Crippen molar-refractivity contribution in [3.63, 3.8) is 0 Å². The molecule has 0 spiro atoms. The second-order valence-corrected chi connectivity index (χ2v) is 4.89. The lowest BCUT2D eigenvalue weighted by molar-refractivity contribution is 0.120. The largest absolute Gasteiger partial charge is 0.380 e. The van der Waals surface area contributed by atoms with Crippen molar-refractivity contribution in [2.75, 3.05) is 26.8 Å². The van der Waals surface area contributed by atoms with Crippen LogP contribution in [0.3, 0.4) is 0 Å². The lowest BCUT2D eigenvalue weighted by Crippen LogP contribution is -2.24.